The maximum absolute atomic E-state index is 12.5. The monoisotopic (exact) mass is 386 g/mol. The number of likely N-dealkylation sites (tertiary alicyclic amines) is 1. The van der Waals surface area contributed by atoms with Crippen LogP contribution in [0.1, 0.15) is 24.8 Å². The van der Waals surface area contributed by atoms with E-state index in [-0.39, 0.29) is 18.4 Å². The molecule has 0 bridgehead atoms. The number of aliphatic imine (C=N–C) groups is 1. The highest BCUT2D eigenvalue weighted by Gasteiger charge is 2.30. The van der Waals surface area contributed by atoms with Crippen LogP contribution in [-0.4, -0.2) is 50.1 Å². The van der Waals surface area contributed by atoms with Crippen LogP contribution in [0.4, 0.5) is 13.2 Å². The number of amides is 1. The molecule has 2 rings (SSSR count). The molecule has 150 valence electrons. The number of nitrogens with zero attached hydrogens (tertiary/aromatic N) is 2. The normalized spacial score (nSPS) is 18.3. The summed E-state index contributed by atoms with van der Waals surface area (Å²) in [6, 6.07) is 4.59. The first kappa shape index (κ1) is 20.9. The van der Waals surface area contributed by atoms with E-state index >= 15 is 0 Å². The van der Waals surface area contributed by atoms with E-state index in [0.29, 0.717) is 31.2 Å². The molecule has 3 N–H and O–H groups in total. The van der Waals surface area contributed by atoms with Gasteiger partial charge in [-0.25, -0.2) is 0 Å². The van der Waals surface area contributed by atoms with Crippen LogP contribution in [0.15, 0.2) is 29.3 Å². The van der Waals surface area contributed by atoms with E-state index in [1.165, 1.54) is 12.1 Å². The molecule has 1 aromatic carbocycles. The predicted octanol–water partition coefficient (Wildman–Crippen LogP) is 2.25. The van der Waals surface area contributed by atoms with E-state index in [0.717, 1.165) is 31.5 Å². The maximum atomic E-state index is 12.5. The molecule has 0 aliphatic carbocycles. The van der Waals surface area contributed by atoms with Gasteiger partial charge in [-0.15, -0.1) is 0 Å². The van der Waals surface area contributed by atoms with Crippen LogP contribution in [0.25, 0.3) is 0 Å². The number of carbonyl (C=O) groups excluding carboxylic acids is 1. The third kappa shape index (κ3) is 6.65. The molecule has 1 aliphatic heterocycles. The Morgan fingerprint density at radius 3 is 2.67 bits per heavy atom. The molecule has 1 aromatic rings. The molecule has 1 unspecified atom stereocenters. The van der Waals surface area contributed by atoms with Crippen LogP contribution in [0.5, 0.6) is 5.75 Å². The van der Waals surface area contributed by atoms with Crippen LogP contribution >= 0.6 is 0 Å². The summed E-state index contributed by atoms with van der Waals surface area (Å²) in [5, 5.41) is 3.17. The molecule has 1 atom stereocenters. The van der Waals surface area contributed by atoms with Crippen molar-refractivity contribution < 1.29 is 22.7 Å². The second-order valence-electron chi connectivity index (χ2n) is 6.47. The van der Waals surface area contributed by atoms with Gasteiger partial charge >= 0.3 is 6.18 Å². The van der Waals surface area contributed by atoms with Crippen molar-refractivity contribution in [3.8, 4) is 5.75 Å². The van der Waals surface area contributed by atoms with Crippen molar-refractivity contribution >= 4 is 11.9 Å². The minimum Gasteiger partial charge on any atom is -0.492 e. The number of guanidine groups is 1. The summed E-state index contributed by atoms with van der Waals surface area (Å²) in [6.07, 6.45) is -2.06. The van der Waals surface area contributed by atoms with Crippen LogP contribution in [0.3, 0.4) is 0 Å². The van der Waals surface area contributed by atoms with Crippen molar-refractivity contribution in [3.63, 3.8) is 0 Å². The van der Waals surface area contributed by atoms with Crippen molar-refractivity contribution in [2.24, 2.45) is 16.6 Å². The standard InChI is InChI=1S/C18H25F3N4O2/c1-23-17(25-9-2-3-13(12-25)11-16(22)26)24-8-10-27-15-6-4-14(5-7-15)18(19,20)21/h4-7,13H,2-3,8-12H2,1H3,(H2,22,26)(H,23,24). The van der Waals surface area contributed by atoms with Crippen molar-refractivity contribution in [1.82, 2.24) is 10.2 Å². The van der Waals surface area contributed by atoms with Gasteiger partial charge in [-0.1, -0.05) is 0 Å². The zero-order valence-corrected chi connectivity index (χ0v) is 15.3. The van der Waals surface area contributed by atoms with Crippen LogP contribution < -0.4 is 15.8 Å². The Labute approximate surface area is 156 Å². The Morgan fingerprint density at radius 1 is 1.37 bits per heavy atom. The van der Waals surface area contributed by atoms with E-state index in [1.54, 1.807) is 7.05 Å². The highest BCUT2D eigenvalue weighted by Crippen LogP contribution is 2.30. The number of nitrogens with one attached hydrogen (secondary N) is 1. The molecule has 0 spiro atoms. The zero-order chi connectivity index (χ0) is 19.9. The predicted molar refractivity (Wildman–Crippen MR) is 96.4 cm³/mol. The first-order chi connectivity index (χ1) is 12.8. The molecular weight excluding hydrogens is 361 g/mol. The lowest BCUT2D eigenvalue weighted by atomic mass is 9.95. The van der Waals surface area contributed by atoms with Gasteiger partial charge in [-0.05, 0) is 43.0 Å². The number of alkyl halides is 3. The van der Waals surface area contributed by atoms with Crippen LogP contribution in [-0.2, 0) is 11.0 Å². The average molecular weight is 386 g/mol. The SMILES string of the molecule is CN=C(NCCOc1ccc(C(F)(F)F)cc1)N1CCCC(CC(N)=O)C1. The second kappa shape index (κ2) is 9.48. The number of nitrogens with two attached hydrogens (primary N) is 1. The summed E-state index contributed by atoms with van der Waals surface area (Å²) < 4.78 is 43.1. The Hall–Kier alpha value is -2.45. The summed E-state index contributed by atoms with van der Waals surface area (Å²) in [4.78, 5) is 17.4. The van der Waals surface area contributed by atoms with Crippen molar-refractivity contribution in [3.05, 3.63) is 29.8 Å². The van der Waals surface area contributed by atoms with E-state index in [9.17, 15) is 18.0 Å². The zero-order valence-electron chi connectivity index (χ0n) is 15.3. The number of carbonyl (C=O) groups is 1. The second-order valence-corrected chi connectivity index (χ2v) is 6.47. The van der Waals surface area contributed by atoms with Gasteiger partial charge in [0.15, 0.2) is 5.96 Å². The van der Waals surface area contributed by atoms with E-state index in [1.807, 2.05) is 0 Å². The number of primary amides is 1. The van der Waals surface area contributed by atoms with Crippen molar-refractivity contribution in [2.75, 3.05) is 33.3 Å². The molecular formula is C18H25F3N4O2. The third-order valence-electron chi connectivity index (χ3n) is 4.36. The van der Waals surface area contributed by atoms with E-state index in [2.05, 4.69) is 15.2 Å². The Morgan fingerprint density at radius 2 is 2.07 bits per heavy atom. The molecule has 1 saturated heterocycles. The van der Waals surface area contributed by atoms with Gasteiger partial charge in [0, 0.05) is 26.6 Å². The highest BCUT2D eigenvalue weighted by molar-refractivity contribution is 5.80. The number of rotatable bonds is 6. The van der Waals surface area contributed by atoms with E-state index in [4.69, 9.17) is 10.5 Å². The number of halogens is 3. The first-order valence-electron chi connectivity index (χ1n) is 8.83. The summed E-state index contributed by atoms with van der Waals surface area (Å²) in [5.41, 5.74) is 4.58. The summed E-state index contributed by atoms with van der Waals surface area (Å²) in [7, 11) is 1.68. The lowest BCUT2D eigenvalue weighted by molar-refractivity contribution is -0.137. The summed E-state index contributed by atoms with van der Waals surface area (Å²) >= 11 is 0. The number of hydrogen-bond acceptors (Lipinski definition) is 3. The van der Waals surface area contributed by atoms with Crippen molar-refractivity contribution in [1.29, 1.82) is 0 Å². The fourth-order valence-corrected chi connectivity index (χ4v) is 3.11. The van der Waals surface area contributed by atoms with Crippen molar-refractivity contribution in [2.45, 2.75) is 25.4 Å². The van der Waals surface area contributed by atoms with Gasteiger partial charge in [0.05, 0.1) is 12.1 Å². The quantitative estimate of drug-likeness (QED) is 0.447. The van der Waals surface area contributed by atoms with Gasteiger partial charge in [-0.2, -0.15) is 13.2 Å². The van der Waals surface area contributed by atoms with Gasteiger partial charge in [0.25, 0.3) is 0 Å². The topological polar surface area (TPSA) is 80.0 Å². The largest absolute Gasteiger partial charge is 0.492 e. The molecule has 0 aromatic heterocycles. The molecule has 1 fully saturated rings. The fraction of sp³-hybridized carbons (Fsp3) is 0.556. The minimum atomic E-state index is -4.35. The van der Waals surface area contributed by atoms with Gasteiger partial charge in [-0.3, -0.25) is 9.79 Å². The molecule has 0 radical (unpaired) electrons. The number of ether oxygens (including phenoxy) is 1. The smallest absolute Gasteiger partial charge is 0.416 e. The Bertz CT molecular complexity index is 647. The fourth-order valence-electron chi connectivity index (χ4n) is 3.11. The van der Waals surface area contributed by atoms with Gasteiger partial charge in [0.2, 0.25) is 5.91 Å². The third-order valence-corrected chi connectivity index (χ3v) is 4.36. The average Bonchev–Trinajstić information content (AvgIpc) is 2.61. The molecule has 6 nitrogen and oxygen atoms in total. The van der Waals surface area contributed by atoms with E-state index < -0.39 is 11.7 Å². The molecule has 1 heterocycles. The Kier molecular flexibility index (Phi) is 7.32. The summed E-state index contributed by atoms with van der Waals surface area (Å²) in [5.74, 6) is 1.01. The highest BCUT2D eigenvalue weighted by atomic mass is 19.4. The number of benzene rings is 1. The maximum Gasteiger partial charge on any atom is 0.416 e. The number of piperidine rings is 1. The lowest BCUT2D eigenvalue weighted by Gasteiger charge is -2.34. The first-order valence-corrected chi connectivity index (χ1v) is 8.83. The molecule has 1 aliphatic rings. The van der Waals surface area contributed by atoms with Gasteiger partial charge in [0.1, 0.15) is 12.4 Å². The molecule has 27 heavy (non-hydrogen) atoms. The van der Waals surface area contributed by atoms with Gasteiger partial charge < -0.3 is 20.7 Å². The molecule has 0 saturated carbocycles. The van der Waals surface area contributed by atoms with Crippen LogP contribution in [0, 0.1) is 5.92 Å². The summed E-state index contributed by atoms with van der Waals surface area (Å²) in [6.45, 7) is 2.28. The van der Waals surface area contributed by atoms with Crippen LogP contribution in [0.2, 0.25) is 0 Å². The number of hydrogen-bond donors (Lipinski definition) is 2. The molecule has 9 heteroatoms. The Balaban J connectivity index is 1.77. The minimum absolute atomic E-state index is 0.221. The lowest BCUT2D eigenvalue weighted by Crippen LogP contribution is -2.48. The molecule has 1 amide bonds.